The van der Waals surface area contributed by atoms with E-state index in [1.165, 1.54) is 0 Å². The van der Waals surface area contributed by atoms with Crippen LogP contribution in [-0.4, -0.2) is 0 Å². The van der Waals surface area contributed by atoms with Gasteiger partial charge in [-0.3, -0.25) is 0 Å². The van der Waals surface area contributed by atoms with Gasteiger partial charge in [-0.15, -0.1) is 0 Å². The van der Waals surface area contributed by atoms with Gasteiger partial charge < -0.3 is 10.1 Å². The SMILES string of the molecule is Clc1cccc(COc2ccc(Br)cc2CNc2cc(Cl)ccc2Cl)c1. The average Bonchev–Trinajstić information content (AvgIpc) is 2.62. The molecule has 0 aliphatic rings. The Morgan fingerprint density at radius 2 is 1.69 bits per heavy atom. The molecule has 26 heavy (non-hydrogen) atoms. The second-order valence-electron chi connectivity index (χ2n) is 5.65. The summed E-state index contributed by atoms with van der Waals surface area (Å²) in [4.78, 5) is 0. The summed E-state index contributed by atoms with van der Waals surface area (Å²) in [5, 5.41) is 5.25. The van der Waals surface area contributed by atoms with E-state index in [4.69, 9.17) is 39.5 Å². The normalized spacial score (nSPS) is 10.6. The van der Waals surface area contributed by atoms with Crippen LogP contribution >= 0.6 is 50.7 Å². The first kappa shape index (κ1) is 19.4. The molecule has 134 valence electrons. The lowest BCUT2D eigenvalue weighted by molar-refractivity contribution is 0.303. The van der Waals surface area contributed by atoms with Crippen molar-refractivity contribution in [2.24, 2.45) is 0 Å². The predicted molar refractivity (Wildman–Crippen MR) is 114 cm³/mol. The van der Waals surface area contributed by atoms with Gasteiger partial charge in [0.15, 0.2) is 0 Å². The second-order valence-corrected chi connectivity index (χ2v) is 7.84. The Bertz CT molecular complexity index is 917. The zero-order valence-corrected chi connectivity index (χ0v) is 17.5. The lowest BCUT2D eigenvalue weighted by atomic mass is 10.2. The van der Waals surface area contributed by atoms with Gasteiger partial charge in [-0.2, -0.15) is 0 Å². The third kappa shape index (κ3) is 5.31. The highest BCUT2D eigenvalue weighted by Gasteiger charge is 2.08. The van der Waals surface area contributed by atoms with E-state index in [9.17, 15) is 0 Å². The summed E-state index contributed by atoms with van der Waals surface area (Å²) in [6.07, 6.45) is 0. The summed E-state index contributed by atoms with van der Waals surface area (Å²) in [5.41, 5.74) is 2.79. The Labute approximate surface area is 176 Å². The molecule has 0 amide bonds. The van der Waals surface area contributed by atoms with Crippen molar-refractivity contribution in [3.63, 3.8) is 0 Å². The number of halogens is 4. The van der Waals surface area contributed by atoms with Crippen molar-refractivity contribution in [3.8, 4) is 5.75 Å². The Morgan fingerprint density at radius 1 is 0.885 bits per heavy atom. The van der Waals surface area contributed by atoms with Crippen molar-refractivity contribution in [2.75, 3.05) is 5.32 Å². The maximum absolute atomic E-state index is 6.22. The zero-order valence-electron chi connectivity index (χ0n) is 13.6. The van der Waals surface area contributed by atoms with Crippen LogP contribution in [0, 0.1) is 0 Å². The van der Waals surface area contributed by atoms with Crippen molar-refractivity contribution in [2.45, 2.75) is 13.2 Å². The van der Waals surface area contributed by atoms with E-state index in [0.29, 0.717) is 28.2 Å². The molecule has 0 aromatic heterocycles. The summed E-state index contributed by atoms with van der Waals surface area (Å²) in [5.74, 6) is 0.791. The van der Waals surface area contributed by atoms with Gasteiger partial charge in [-0.1, -0.05) is 62.9 Å². The highest BCUT2D eigenvalue weighted by Crippen LogP contribution is 2.29. The van der Waals surface area contributed by atoms with Gasteiger partial charge in [0.1, 0.15) is 12.4 Å². The van der Waals surface area contributed by atoms with Crippen molar-refractivity contribution < 1.29 is 4.74 Å². The molecule has 3 aromatic carbocycles. The first-order valence-electron chi connectivity index (χ1n) is 7.86. The summed E-state index contributed by atoms with van der Waals surface area (Å²) in [6.45, 7) is 0.984. The molecule has 6 heteroatoms. The van der Waals surface area contributed by atoms with Gasteiger partial charge in [0, 0.05) is 26.6 Å². The molecule has 0 saturated carbocycles. The molecule has 3 aromatic rings. The van der Waals surface area contributed by atoms with Crippen molar-refractivity contribution in [1.29, 1.82) is 0 Å². The van der Waals surface area contributed by atoms with E-state index in [1.54, 1.807) is 18.2 Å². The minimum Gasteiger partial charge on any atom is -0.489 e. The third-order valence-corrected chi connectivity index (χ3v) is 5.00. The molecule has 0 saturated heterocycles. The fourth-order valence-corrected chi connectivity index (χ4v) is 3.42. The van der Waals surface area contributed by atoms with Crippen LogP contribution in [0.2, 0.25) is 15.1 Å². The number of benzene rings is 3. The molecule has 0 radical (unpaired) electrons. The van der Waals surface area contributed by atoms with E-state index < -0.39 is 0 Å². The van der Waals surface area contributed by atoms with E-state index in [2.05, 4.69) is 21.2 Å². The monoisotopic (exact) mass is 469 g/mol. The van der Waals surface area contributed by atoms with Gasteiger partial charge in [0.2, 0.25) is 0 Å². The number of hydrogen-bond donors (Lipinski definition) is 1. The van der Waals surface area contributed by atoms with Crippen LogP contribution < -0.4 is 10.1 Å². The molecule has 0 aliphatic carbocycles. The van der Waals surface area contributed by atoms with Crippen LogP contribution in [0.5, 0.6) is 5.75 Å². The Kier molecular flexibility index (Phi) is 6.71. The molecule has 1 N–H and O–H groups in total. The second kappa shape index (κ2) is 9.01. The van der Waals surface area contributed by atoms with Gasteiger partial charge >= 0.3 is 0 Å². The molecular weight excluding hydrogens is 456 g/mol. The van der Waals surface area contributed by atoms with Crippen LogP contribution in [0.4, 0.5) is 5.69 Å². The maximum atomic E-state index is 6.22. The third-order valence-electron chi connectivity index (χ3n) is 3.70. The largest absolute Gasteiger partial charge is 0.489 e. The summed E-state index contributed by atoms with van der Waals surface area (Å²) >= 11 is 21.8. The molecule has 3 rings (SSSR count). The lowest BCUT2D eigenvalue weighted by Crippen LogP contribution is -2.04. The first-order valence-corrected chi connectivity index (χ1v) is 9.78. The molecule has 0 bridgehead atoms. The Morgan fingerprint density at radius 3 is 2.50 bits per heavy atom. The molecule has 0 heterocycles. The lowest BCUT2D eigenvalue weighted by Gasteiger charge is -2.14. The standard InChI is InChI=1S/C20H15BrCl3NO/c21-15-4-7-20(26-12-13-2-1-3-16(22)8-13)14(9-15)11-25-19-10-17(23)5-6-18(19)24/h1-10,25H,11-12H2. The van der Waals surface area contributed by atoms with Crippen molar-refractivity contribution >= 4 is 56.4 Å². The Hall–Kier alpha value is -1.39. The number of hydrogen-bond acceptors (Lipinski definition) is 2. The molecule has 0 aliphatic heterocycles. The molecule has 0 fully saturated rings. The van der Waals surface area contributed by atoms with E-state index in [1.807, 2.05) is 42.5 Å². The number of rotatable bonds is 6. The fraction of sp³-hybridized carbons (Fsp3) is 0.100. The smallest absolute Gasteiger partial charge is 0.124 e. The first-order chi connectivity index (χ1) is 12.5. The molecule has 0 unspecified atom stereocenters. The maximum Gasteiger partial charge on any atom is 0.124 e. The van der Waals surface area contributed by atoms with Gasteiger partial charge in [0.05, 0.1) is 10.7 Å². The van der Waals surface area contributed by atoms with Gasteiger partial charge in [-0.05, 0) is 54.1 Å². The van der Waals surface area contributed by atoms with Crippen LogP contribution in [-0.2, 0) is 13.2 Å². The molecule has 0 spiro atoms. The molecular formula is C20H15BrCl3NO. The number of ether oxygens (including phenoxy) is 1. The summed E-state index contributed by atoms with van der Waals surface area (Å²) in [7, 11) is 0. The van der Waals surface area contributed by atoms with Crippen LogP contribution in [0.15, 0.2) is 65.1 Å². The Balaban J connectivity index is 1.74. The minimum absolute atomic E-state index is 0.438. The highest BCUT2D eigenvalue weighted by molar-refractivity contribution is 9.10. The molecule has 0 atom stereocenters. The quantitative estimate of drug-likeness (QED) is 0.400. The average molecular weight is 472 g/mol. The zero-order chi connectivity index (χ0) is 18.5. The van der Waals surface area contributed by atoms with Crippen molar-refractivity contribution in [1.82, 2.24) is 0 Å². The molecule has 2 nitrogen and oxygen atoms in total. The number of anilines is 1. The topological polar surface area (TPSA) is 21.3 Å². The van der Waals surface area contributed by atoms with Crippen LogP contribution in [0.25, 0.3) is 0 Å². The van der Waals surface area contributed by atoms with Crippen molar-refractivity contribution in [3.05, 3.63) is 91.3 Å². The fourth-order valence-electron chi connectivity index (χ4n) is 2.44. The van der Waals surface area contributed by atoms with E-state index in [-0.39, 0.29) is 0 Å². The van der Waals surface area contributed by atoms with Crippen LogP contribution in [0.1, 0.15) is 11.1 Å². The highest BCUT2D eigenvalue weighted by atomic mass is 79.9. The predicted octanol–water partition coefficient (Wildman–Crippen LogP) is 7.60. The van der Waals surface area contributed by atoms with E-state index in [0.717, 1.165) is 27.0 Å². The summed E-state index contributed by atoms with van der Waals surface area (Å²) in [6, 6.07) is 18.8. The van der Waals surface area contributed by atoms with Gasteiger partial charge in [0.25, 0.3) is 0 Å². The summed E-state index contributed by atoms with van der Waals surface area (Å²) < 4.78 is 6.97. The van der Waals surface area contributed by atoms with Gasteiger partial charge in [-0.25, -0.2) is 0 Å². The van der Waals surface area contributed by atoms with E-state index >= 15 is 0 Å². The van der Waals surface area contributed by atoms with Crippen LogP contribution in [0.3, 0.4) is 0 Å². The number of nitrogens with one attached hydrogen (secondary N) is 1. The minimum atomic E-state index is 0.438.